The molecule has 1 saturated heterocycles. The summed E-state index contributed by atoms with van der Waals surface area (Å²) in [6, 6.07) is 14.5. The van der Waals surface area contributed by atoms with Crippen LogP contribution in [0.25, 0.3) is 22.3 Å². The van der Waals surface area contributed by atoms with Crippen LogP contribution in [0.3, 0.4) is 0 Å². The third-order valence-corrected chi connectivity index (χ3v) is 3.87. The molecule has 0 unspecified atom stereocenters. The summed E-state index contributed by atoms with van der Waals surface area (Å²) >= 11 is 0. The normalized spacial score (nSPS) is 14.1. The van der Waals surface area contributed by atoms with Gasteiger partial charge in [-0.1, -0.05) is 42.5 Å². The Hall–Kier alpha value is -4.14. The predicted molar refractivity (Wildman–Crippen MR) is 96.0 cm³/mol. The van der Waals surface area contributed by atoms with E-state index in [1.807, 2.05) is 10.6 Å². The van der Waals surface area contributed by atoms with Gasteiger partial charge in [-0.2, -0.15) is 9.78 Å². The molecule has 2 aromatic carbocycles. The number of carbonyl (C=O) groups is 3. The van der Waals surface area contributed by atoms with Gasteiger partial charge in [-0.15, -0.1) is 0 Å². The van der Waals surface area contributed by atoms with Crippen LogP contribution in [-0.4, -0.2) is 33.2 Å². The lowest BCUT2D eigenvalue weighted by atomic mass is 10.2. The molecule has 9 heteroatoms. The molecule has 3 aromatic rings. The van der Waals surface area contributed by atoms with Crippen molar-refractivity contribution in [3.63, 3.8) is 0 Å². The number of para-hydroxylation sites is 1. The molecule has 2 heterocycles. The van der Waals surface area contributed by atoms with Gasteiger partial charge in [0.05, 0.1) is 10.9 Å². The number of fused-ring (bicyclic) bond motifs is 1. The summed E-state index contributed by atoms with van der Waals surface area (Å²) in [5.41, 5.74) is -0.154. The van der Waals surface area contributed by atoms with Gasteiger partial charge in [-0.05, 0) is 12.1 Å². The Balaban J connectivity index is 2.02. The Morgan fingerprint density at radius 2 is 1.44 bits per heavy atom. The van der Waals surface area contributed by atoms with Gasteiger partial charge >= 0.3 is 6.03 Å². The van der Waals surface area contributed by atoms with E-state index in [0.29, 0.717) is 11.1 Å². The Morgan fingerprint density at radius 1 is 0.815 bits per heavy atom. The lowest BCUT2D eigenvalue weighted by Crippen LogP contribution is -2.56. The van der Waals surface area contributed by atoms with Crippen molar-refractivity contribution in [2.24, 2.45) is 5.10 Å². The molecule has 0 atom stereocenters. The second-order valence-electron chi connectivity index (χ2n) is 5.62. The van der Waals surface area contributed by atoms with Crippen molar-refractivity contribution in [3.05, 3.63) is 65.0 Å². The number of imide groups is 2. The fourth-order valence-electron chi connectivity index (χ4n) is 2.64. The lowest BCUT2D eigenvalue weighted by molar-refractivity contribution is -0.119. The minimum atomic E-state index is -0.997. The number of barbiturate groups is 1. The molecule has 0 bridgehead atoms. The average Bonchev–Trinajstić information content (AvgIpc) is 2.66. The predicted octanol–water partition coefficient (Wildman–Crippen LogP) is 0.634. The summed E-state index contributed by atoms with van der Waals surface area (Å²) in [7, 11) is 0. The molecule has 132 valence electrons. The first-order valence-electron chi connectivity index (χ1n) is 7.87. The number of nitrogens with one attached hydrogen (secondary N) is 2. The van der Waals surface area contributed by atoms with E-state index in [1.165, 1.54) is 0 Å². The Bertz CT molecular complexity index is 1180. The first-order valence-corrected chi connectivity index (χ1v) is 7.87. The zero-order chi connectivity index (χ0) is 19.0. The molecule has 4 amide bonds. The van der Waals surface area contributed by atoms with Gasteiger partial charge in [0.1, 0.15) is 0 Å². The quantitative estimate of drug-likeness (QED) is 0.693. The zero-order valence-corrected chi connectivity index (χ0v) is 13.7. The van der Waals surface area contributed by atoms with Crippen LogP contribution < -0.4 is 16.2 Å². The SMILES string of the molecule is O=C1NC(=O)C(=Nn2c(-c3ccccc3)nc3ccccc3c2=O)C(=O)N1. The fraction of sp³-hybridized carbons (Fsp3) is 0. The van der Waals surface area contributed by atoms with Gasteiger partial charge in [0.15, 0.2) is 5.82 Å². The van der Waals surface area contributed by atoms with Crippen LogP contribution in [0.2, 0.25) is 0 Å². The maximum atomic E-state index is 13.0. The molecule has 0 aliphatic carbocycles. The smallest absolute Gasteiger partial charge is 0.272 e. The fourth-order valence-corrected chi connectivity index (χ4v) is 2.64. The van der Waals surface area contributed by atoms with Crippen molar-refractivity contribution in [3.8, 4) is 11.4 Å². The molecule has 1 aliphatic rings. The van der Waals surface area contributed by atoms with Gasteiger partial charge in [-0.3, -0.25) is 25.0 Å². The van der Waals surface area contributed by atoms with Gasteiger partial charge in [0.2, 0.25) is 5.71 Å². The van der Waals surface area contributed by atoms with Crippen LogP contribution in [0.15, 0.2) is 64.5 Å². The second-order valence-corrected chi connectivity index (χ2v) is 5.62. The van der Waals surface area contributed by atoms with E-state index in [9.17, 15) is 19.2 Å². The van der Waals surface area contributed by atoms with E-state index in [0.717, 1.165) is 4.68 Å². The number of amides is 4. The highest BCUT2D eigenvalue weighted by Crippen LogP contribution is 2.18. The van der Waals surface area contributed by atoms with E-state index in [2.05, 4.69) is 10.1 Å². The molecular formula is C18H11N5O4. The minimum absolute atomic E-state index is 0.157. The van der Waals surface area contributed by atoms with Crippen molar-refractivity contribution in [1.82, 2.24) is 20.3 Å². The molecule has 4 rings (SSSR count). The third-order valence-electron chi connectivity index (χ3n) is 3.87. The molecule has 2 N–H and O–H groups in total. The topological polar surface area (TPSA) is 123 Å². The number of aromatic nitrogens is 2. The molecular weight excluding hydrogens is 350 g/mol. The van der Waals surface area contributed by atoms with Gasteiger partial charge in [0.25, 0.3) is 17.4 Å². The Morgan fingerprint density at radius 3 is 2.15 bits per heavy atom. The number of nitrogens with zero attached hydrogens (tertiary/aromatic N) is 3. The van der Waals surface area contributed by atoms with Gasteiger partial charge < -0.3 is 0 Å². The molecule has 0 saturated carbocycles. The summed E-state index contributed by atoms with van der Waals surface area (Å²) in [4.78, 5) is 52.6. The van der Waals surface area contributed by atoms with Crippen LogP contribution in [0.5, 0.6) is 0 Å². The number of hydrogen-bond donors (Lipinski definition) is 2. The molecule has 1 aliphatic heterocycles. The number of carbonyl (C=O) groups excluding carboxylic acids is 3. The number of urea groups is 1. The monoisotopic (exact) mass is 361 g/mol. The highest BCUT2D eigenvalue weighted by Gasteiger charge is 2.30. The van der Waals surface area contributed by atoms with Gasteiger partial charge in [-0.25, -0.2) is 9.78 Å². The molecule has 27 heavy (non-hydrogen) atoms. The molecule has 0 spiro atoms. The first-order chi connectivity index (χ1) is 13.0. The number of rotatable bonds is 2. The van der Waals surface area contributed by atoms with Crippen LogP contribution in [-0.2, 0) is 9.59 Å². The van der Waals surface area contributed by atoms with Crippen LogP contribution in [0.1, 0.15) is 0 Å². The maximum absolute atomic E-state index is 13.0. The van der Waals surface area contributed by atoms with E-state index >= 15 is 0 Å². The van der Waals surface area contributed by atoms with E-state index in [-0.39, 0.29) is 11.2 Å². The summed E-state index contributed by atoms with van der Waals surface area (Å²) in [6.45, 7) is 0. The number of hydrogen-bond acceptors (Lipinski definition) is 6. The zero-order valence-electron chi connectivity index (χ0n) is 13.7. The number of benzene rings is 2. The molecule has 1 fully saturated rings. The standard InChI is InChI=1S/C18H11N5O4/c24-15-13(16(25)21-18(27)20-15)22-23-14(10-6-2-1-3-7-10)19-12-9-5-4-8-11(12)17(23)26/h1-9H,(H2,20,21,24,25,27). The van der Waals surface area contributed by atoms with E-state index in [1.54, 1.807) is 54.6 Å². The van der Waals surface area contributed by atoms with Gasteiger partial charge in [0, 0.05) is 5.56 Å². The Kier molecular flexibility index (Phi) is 3.81. The van der Waals surface area contributed by atoms with Crippen molar-refractivity contribution in [2.75, 3.05) is 0 Å². The van der Waals surface area contributed by atoms with Crippen LogP contribution >= 0.6 is 0 Å². The summed E-state index contributed by atoms with van der Waals surface area (Å²) in [6.07, 6.45) is 0. The van der Waals surface area contributed by atoms with Crippen LogP contribution in [0.4, 0.5) is 4.79 Å². The highest BCUT2D eigenvalue weighted by atomic mass is 16.2. The maximum Gasteiger partial charge on any atom is 0.328 e. The molecule has 1 aromatic heterocycles. The second kappa shape index (κ2) is 6.30. The largest absolute Gasteiger partial charge is 0.328 e. The van der Waals surface area contributed by atoms with E-state index in [4.69, 9.17) is 0 Å². The lowest BCUT2D eigenvalue weighted by Gasteiger charge is -2.14. The first kappa shape index (κ1) is 16.3. The third kappa shape index (κ3) is 2.86. The minimum Gasteiger partial charge on any atom is -0.272 e. The average molecular weight is 361 g/mol. The summed E-state index contributed by atoms with van der Waals surface area (Å²) in [5.74, 6) is -1.84. The van der Waals surface area contributed by atoms with Crippen LogP contribution in [0, 0.1) is 0 Å². The highest BCUT2D eigenvalue weighted by molar-refractivity contribution is 6.68. The van der Waals surface area contributed by atoms with Crippen molar-refractivity contribution >= 4 is 34.5 Å². The van der Waals surface area contributed by atoms with E-state index < -0.39 is 29.1 Å². The Labute approximate surface area is 151 Å². The summed E-state index contributed by atoms with van der Waals surface area (Å²) < 4.78 is 0.891. The van der Waals surface area contributed by atoms with Crippen molar-refractivity contribution in [1.29, 1.82) is 0 Å². The molecule has 0 radical (unpaired) electrons. The summed E-state index contributed by atoms with van der Waals surface area (Å²) in [5, 5.41) is 8.03. The van der Waals surface area contributed by atoms with Crippen molar-refractivity contribution < 1.29 is 14.4 Å². The van der Waals surface area contributed by atoms with Crippen molar-refractivity contribution in [2.45, 2.75) is 0 Å². The molecule has 9 nitrogen and oxygen atoms in total.